The Balaban J connectivity index is 2.07. The third kappa shape index (κ3) is 3.44. The highest BCUT2D eigenvalue weighted by Crippen LogP contribution is 2.36. The lowest BCUT2D eigenvalue weighted by Crippen LogP contribution is -2.30. The smallest absolute Gasteiger partial charge is 0.337 e. The molecule has 1 aromatic carbocycles. The van der Waals surface area contributed by atoms with E-state index in [4.69, 9.17) is 10.5 Å². The first kappa shape index (κ1) is 14.7. The van der Waals surface area contributed by atoms with E-state index >= 15 is 0 Å². The van der Waals surface area contributed by atoms with Crippen molar-refractivity contribution in [1.29, 1.82) is 0 Å². The van der Waals surface area contributed by atoms with Crippen LogP contribution in [0.5, 0.6) is 0 Å². The molecule has 4 nitrogen and oxygen atoms in total. The SMILES string of the molecule is COC(=O)c1ccc(N)c(NC2CCC(C)(C)CC2)c1. The van der Waals surface area contributed by atoms with Gasteiger partial charge in [0.05, 0.1) is 24.0 Å². The second-order valence-electron chi connectivity index (χ2n) is 6.38. The number of anilines is 2. The fraction of sp³-hybridized carbons (Fsp3) is 0.562. The number of benzene rings is 1. The van der Waals surface area contributed by atoms with Crippen LogP contribution in [0.15, 0.2) is 18.2 Å². The van der Waals surface area contributed by atoms with E-state index in [1.165, 1.54) is 20.0 Å². The van der Waals surface area contributed by atoms with Crippen LogP contribution in [0.1, 0.15) is 49.9 Å². The summed E-state index contributed by atoms with van der Waals surface area (Å²) in [4.78, 5) is 11.6. The minimum Gasteiger partial charge on any atom is -0.465 e. The van der Waals surface area contributed by atoms with Crippen molar-refractivity contribution in [3.8, 4) is 0 Å². The Hall–Kier alpha value is -1.71. The predicted molar refractivity (Wildman–Crippen MR) is 81.9 cm³/mol. The van der Waals surface area contributed by atoms with E-state index < -0.39 is 0 Å². The molecule has 0 atom stereocenters. The number of methoxy groups -OCH3 is 1. The van der Waals surface area contributed by atoms with Crippen LogP contribution in [-0.4, -0.2) is 19.1 Å². The molecule has 110 valence electrons. The van der Waals surface area contributed by atoms with Crippen molar-refractivity contribution in [2.45, 2.75) is 45.6 Å². The van der Waals surface area contributed by atoms with Crippen LogP contribution >= 0.6 is 0 Å². The summed E-state index contributed by atoms with van der Waals surface area (Å²) in [5.41, 5.74) is 8.46. The molecule has 0 saturated heterocycles. The number of carbonyl (C=O) groups excluding carboxylic acids is 1. The molecule has 4 heteroatoms. The molecule has 0 aromatic heterocycles. The van der Waals surface area contributed by atoms with Gasteiger partial charge in [-0.25, -0.2) is 4.79 Å². The van der Waals surface area contributed by atoms with Gasteiger partial charge in [-0.15, -0.1) is 0 Å². The van der Waals surface area contributed by atoms with Gasteiger partial charge < -0.3 is 15.8 Å². The molecule has 0 unspecified atom stereocenters. The molecule has 0 spiro atoms. The molecule has 2 rings (SSSR count). The van der Waals surface area contributed by atoms with E-state index in [9.17, 15) is 4.79 Å². The summed E-state index contributed by atoms with van der Waals surface area (Å²) < 4.78 is 4.74. The number of nitrogen functional groups attached to an aromatic ring is 1. The van der Waals surface area contributed by atoms with Crippen LogP contribution in [0, 0.1) is 5.41 Å². The molecule has 1 saturated carbocycles. The number of nitrogens with two attached hydrogens (primary N) is 1. The molecule has 0 radical (unpaired) electrons. The molecule has 0 aliphatic heterocycles. The van der Waals surface area contributed by atoms with Gasteiger partial charge in [0.25, 0.3) is 0 Å². The first-order chi connectivity index (χ1) is 9.41. The van der Waals surface area contributed by atoms with E-state index in [2.05, 4.69) is 19.2 Å². The topological polar surface area (TPSA) is 64.3 Å². The maximum atomic E-state index is 11.6. The zero-order valence-electron chi connectivity index (χ0n) is 12.5. The zero-order valence-corrected chi connectivity index (χ0v) is 12.5. The molecule has 1 fully saturated rings. The monoisotopic (exact) mass is 276 g/mol. The lowest BCUT2D eigenvalue weighted by Gasteiger charge is -2.35. The predicted octanol–water partition coefficient (Wildman–Crippen LogP) is 3.44. The molecule has 0 bridgehead atoms. The Morgan fingerprint density at radius 3 is 2.60 bits per heavy atom. The standard InChI is InChI=1S/C16H24N2O2/c1-16(2)8-6-12(7-9-16)18-14-10-11(15(19)20-3)4-5-13(14)17/h4-5,10,12,18H,6-9,17H2,1-3H3. The molecule has 1 aromatic rings. The summed E-state index contributed by atoms with van der Waals surface area (Å²) in [5.74, 6) is -0.335. The van der Waals surface area contributed by atoms with E-state index in [0.717, 1.165) is 18.5 Å². The van der Waals surface area contributed by atoms with Gasteiger partial charge in [-0.2, -0.15) is 0 Å². The Kier molecular flexibility index (Phi) is 4.21. The van der Waals surface area contributed by atoms with Crippen LogP contribution in [0.25, 0.3) is 0 Å². The highest BCUT2D eigenvalue weighted by Gasteiger charge is 2.27. The number of carbonyl (C=O) groups is 1. The van der Waals surface area contributed by atoms with Crippen molar-refractivity contribution in [2.75, 3.05) is 18.2 Å². The molecular formula is C16H24N2O2. The van der Waals surface area contributed by atoms with Gasteiger partial charge >= 0.3 is 5.97 Å². The maximum Gasteiger partial charge on any atom is 0.337 e. The van der Waals surface area contributed by atoms with Crippen molar-refractivity contribution in [1.82, 2.24) is 0 Å². The van der Waals surface area contributed by atoms with E-state index in [1.54, 1.807) is 18.2 Å². The second-order valence-corrected chi connectivity index (χ2v) is 6.38. The van der Waals surface area contributed by atoms with Gasteiger partial charge in [-0.3, -0.25) is 0 Å². The highest BCUT2D eigenvalue weighted by atomic mass is 16.5. The minimum atomic E-state index is -0.335. The van der Waals surface area contributed by atoms with Crippen molar-refractivity contribution >= 4 is 17.3 Å². The van der Waals surface area contributed by atoms with Gasteiger partial charge in [0, 0.05) is 6.04 Å². The first-order valence-corrected chi connectivity index (χ1v) is 7.16. The Labute approximate surface area is 120 Å². The molecular weight excluding hydrogens is 252 g/mol. The van der Waals surface area contributed by atoms with Crippen molar-refractivity contribution < 1.29 is 9.53 Å². The summed E-state index contributed by atoms with van der Waals surface area (Å²) in [6, 6.07) is 5.65. The molecule has 0 heterocycles. The average Bonchev–Trinajstić information content (AvgIpc) is 2.42. The van der Waals surface area contributed by atoms with Gasteiger partial charge in [0.1, 0.15) is 0 Å². The van der Waals surface area contributed by atoms with E-state index in [-0.39, 0.29) is 5.97 Å². The number of rotatable bonds is 3. The normalized spacial score (nSPS) is 18.6. The molecule has 0 amide bonds. The third-order valence-electron chi connectivity index (χ3n) is 4.17. The Bertz CT molecular complexity index is 487. The molecule has 3 N–H and O–H groups in total. The lowest BCUT2D eigenvalue weighted by atomic mass is 9.75. The maximum absolute atomic E-state index is 11.6. The number of ether oxygens (including phenoxy) is 1. The fourth-order valence-electron chi connectivity index (χ4n) is 2.69. The second kappa shape index (κ2) is 5.73. The van der Waals surface area contributed by atoms with Gasteiger partial charge in [-0.1, -0.05) is 13.8 Å². The highest BCUT2D eigenvalue weighted by molar-refractivity contribution is 5.92. The summed E-state index contributed by atoms with van der Waals surface area (Å²) >= 11 is 0. The first-order valence-electron chi connectivity index (χ1n) is 7.16. The number of nitrogens with one attached hydrogen (secondary N) is 1. The zero-order chi connectivity index (χ0) is 14.8. The van der Waals surface area contributed by atoms with Crippen LogP contribution < -0.4 is 11.1 Å². The van der Waals surface area contributed by atoms with Crippen molar-refractivity contribution in [2.24, 2.45) is 5.41 Å². The number of hydrogen-bond acceptors (Lipinski definition) is 4. The summed E-state index contributed by atoms with van der Waals surface area (Å²) in [7, 11) is 1.38. The van der Waals surface area contributed by atoms with Crippen molar-refractivity contribution in [3.05, 3.63) is 23.8 Å². The quantitative estimate of drug-likeness (QED) is 0.655. The van der Waals surface area contributed by atoms with Crippen LogP contribution in [-0.2, 0) is 4.74 Å². The Morgan fingerprint density at radius 2 is 2.00 bits per heavy atom. The van der Waals surface area contributed by atoms with Gasteiger partial charge in [-0.05, 0) is 49.3 Å². The van der Waals surface area contributed by atoms with E-state index in [1.807, 2.05) is 0 Å². The Morgan fingerprint density at radius 1 is 1.35 bits per heavy atom. The number of esters is 1. The average molecular weight is 276 g/mol. The third-order valence-corrected chi connectivity index (χ3v) is 4.17. The van der Waals surface area contributed by atoms with Gasteiger partial charge in [0.15, 0.2) is 0 Å². The lowest BCUT2D eigenvalue weighted by molar-refractivity contribution is 0.0601. The molecule has 20 heavy (non-hydrogen) atoms. The van der Waals surface area contributed by atoms with Crippen molar-refractivity contribution in [3.63, 3.8) is 0 Å². The van der Waals surface area contributed by atoms with E-state index in [0.29, 0.717) is 22.7 Å². The minimum absolute atomic E-state index is 0.335. The summed E-state index contributed by atoms with van der Waals surface area (Å²) in [6.07, 6.45) is 4.69. The van der Waals surface area contributed by atoms with Crippen LogP contribution in [0.2, 0.25) is 0 Å². The largest absolute Gasteiger partial charge is 0.465 e. The summed E-state index contributed by atoms with van der Waals surface area (Å²) in [6.45, 7) is 4.63. The molecule has 1 aliphatic rings. The van der Waals surface area contributed by atoms with Gasteiger partial charge in [0.2, 0.25) is 0 Å². The summed E-state index contributed by atoms with van der Waals surface area (Å²) in [5, 5.41) is 3.47. The molecule has 1 aliphatic carbocycles. The van der Waals surface area contributed by atoms with Crippen LogP contribution in [0.3, 0.4) is 0 Å². The van der Waals surface area contributed by atoms with Crippen LogP contribution in [0.4, 0.5) is 11.4 Å². The number of hydrogen-bond donors (Lipinski definition) is 2. The fourth-order valence-corrected chi connectivity index (χ4v) is 2.69.